The van der Waals surface area contributed by atoms with Gasteiger partial charge in [-0.1, -0.05) is 18.2 Å². The summed E-state index contributed by atoms with van der Waals surface area (Å²) in [6.45, 7) is 2.30. The van der Waals surface area contributed by atoms with E-state index in [9.17, 15) is 19.8 Å². The van der Waals surface area contributed by atoms with Gasteiger partial charge < -0.3 is 24.8 Å². The molecule has 27 heavy (non-hydrogen) atoms. The largest absolute Gasteiger partial charge is 0.503 e. The maximum atomic E-state index is 12.4. The molecule has 3 N–H and O–H groups in total. The quantitative estimate of drug-likeness (QED) is 0.658. The molecule has 2 aromatic carbocycles. The Morgan fingerprint density at radius 3 is 2.59 bits per heavy atom. The highest BCUT2D eigenvalue weighted by molar-refractivity contribution is 5.96. The molecule has 4 rings (SSSR count). The topological polar surface area (TPSA) is 103 Å². The highest BCUT2D eigenvalue weighted by atomic mass is 16.5. The summed E-state index contributed by atoms with van der Waals surface area (Å²) in [6, 6.07) is 11.8. The average molecular weight is 366 g/mol. The molecule has 0 saturated carbocycles. The van der Waals surface area contributed by atoms with Gasteiger partial charge in [-0.25, -0.2) is 4.79 Å². The Balaban J connectivity index is 1.86. The first-order chi connectivity index (χ1) is 13.1. The number of hydrogen-bond acceptors (Lipinski definition) is 5. The molecule has 0 radical (unpaired) electrons. The van der Waals surface area contributed by atoms with Gasteiger partial charge in [0.05, 0.1) is 30.2 Å². The zero-order chi connectivity index (χ0) is 19.0. The number of aromatic hydroxyl groups is 1. The summed E-state index contributed by atoms with van der Waals surface area (Å²) < 4.78 is 5.32. The Morgan fingerprint density at radius 1 is 1.11 bits per heavy atom. The van der Waals surface area contributed by atoms with E-state index in [1.165, 1.54) is 6.07 Å². The van der Waals surface area contributed by atoms with Crippen molar-refractivity contribution in [3.63, 3.8) is 0 Å². The summed E-state index contributed by atoms with van der Waals surface area (Å²) in [5.74, 6) is -1.50. The molecule has 3 aromatic rings. The van der Waals surface area contributed by atoms with Crippen molar-refractivity contribution in [3.8, 4) is 17.0 Å². The third kappa shape index (κ3) is 3.02. The summed E-state index contributed by atoms with van der Waals surface area (Å²) in [5.41, 5.74) is 1.43. The van der Waals surface area contributed by atoms with E-state index < -0.39 is 17.1 Å². The maximum absolute atomic E-state index is 12.4. The molecule has 7 nitrogen and oxygen atoms in total. The third-order valence-electron chi connectivity index (χ3n) is 4.75. The molecular formula is C20H18N2O5. The average Bonchev–Trinajstić information content (AvgIpc) is 2.71. The number of nitrogens with one attached hydrogen (secondary N) is 1. The van der Waals surface area contributed by atoms with Crippen molar-refractivity contribution in [3.05, 3.63) is 58.3 Å². The minimum atomic E-state index is -1.07. The molecule has 0 unspecified atom stereocenters. The van der Waals surface area contributed by atoms with Crippen LogP contribution in [0.15, 0.2) is 47.3 Å². The van der Waals surface area contributed by atoms with Gasteiger partial charge in [0.2, 0.25) is 5.43 Å². The Kier molecular flexibility index (Phi) is 4.29. The van der Waals surface area contributed by atoms with Gasteiger partial charge in [0.15, 0.2) is 5.75 Å². The second-order valence-electron chi connectivity index (χ2n) is 6.36. The van der Waals surface area contributed by atoms with Crippen molar-refractivity contribution in [2.45, 2.75) is 0 Å². The Hall–Kier alpha value is -3.32. The van der Waals surface area contributed by atoms with Crippen LogP contribution < -0.4 is 10.3 Å². The van der Waals surface area contributed by atoms with E-state index in [-0.39, 0.29) is 11.3 Å². The number of fused-ring (bicyclic) bond motifs is 1. The molecule has 1 aliphatic heterocycles. The van der Waals surface area contributed by atoms with Crippen molar-refractivity contribution < 1.29 is 19.7 Å². The van der Waals surface area contributed by atoms with E-state index in [1.807, 2.05) is 4.90 Å². The van der Waals surface area contributed by atoms with Crippen LogP contribution in [-0.4, -0.2) is 47.5 Å². The van der Waals surface area contributed by atoms with Crippen LogP contribution in [0, 0.1) is 0 Å². The van der Waals surface area contributed by atoms with Crippen molar-refractivity contribution in [2.24, 2.45) is 0 Å². The molecule has 0 amide bonds. The van der Waals surface area contributed by atoms with Gasteiger partial charge in [-0.2, -0.15) is 0 Å². The molecular weight excluding hydrogens is 348 g/mol. The fourth-order valence-corrected chi connectivity index (χ4v) is 3.38. The number of morpholine rings is 1. The Bertz CT molecular complexity index is 1080. The number of anilines is 1. The summed E-state index contributed by atoms with van der Waals surface area (Å²) in [4.78, 5) is 29.3. The number of H-pyrrole nitrogens is 1. The lowest BCUT2D eigenvalue weighted by atomic mass is 10.0. The number of ether oxygens (including phenoxy) is 1. The number of hydrogen-bond donors (Lipinski definition) is 3. The summed E-state index contributed by atoms with van der Waals surface area (Å²) >= 11 is 0. The van der Waals surface area contributed by atoms with Crippen LogP contribution in [0.25, 0.3) is 22.2 Å². The zero-order valence-corrected chi connectivity index (χ0v) is 14.4. The standard InChI is InChI=1S/C20H18N2O5/c23-18-13-3-1-2-4-15(13)21-17(19(18)24)12-5-6-16(14(11-12)20(25)26)22-7-9-27-10-8-22/h1-6,11,24H,7-10H2,(H,21,23)(H,25,26). The number of pyridine rings is 1. The van der Waals surface area contributed by atoms with Gasteiger partial charge in [0.1, 0.15) is 0 Å². The van der Waals surface area contributed by atoms with Crippen LogP contribution in [0.3, 0.4) is 0 Å². The molecule has 0 atom stereocenters. The van der Waals surface area contributed by atoms with Crippen LogP contribution in [-0.2, 0) is 4.74 Å². The number of carbonyl (C=O) groups is 1. The Labute approximate surface area is 154 Å². The first kappa shape index (κ1) is 17.1. The van der Waals surface area contributed by atoms with Gasteiger partial charge in [-0.15, -0.1) is 0 Å². The summed E-state index contributed by atoms with van der Waals surface area (Å²) in [7, 11) is 0. The van der Waals surface area contributed by atoms with Crippen LogP contribution in [0.2, 0.25) is 0 Å². The van der Waals surface area contributed by atoms with E-state index in [0.29, 0.717) is 48.5 Å². The lowest BCUT2D eigenvalue weighted by Gasteiger charge is -2.30. The van der Waals surface area contributed by atoms with E-state index in [0.717, 1.165) is 0 Å². The number of nitrogens with zero attached hydrogens (tertiary/aromatic N) is 1. The van der Waals surface area contributed by atoms with Crippen LogP contribution in [0.4, 0.5) is 5.69 Å². The van der Waals surface area contributed by atoms with Crippen molar-refractivity contribution in [2.75, 3.05) is 31.2 Å². The number of benzene rings is 2. The van der Waals surface area contributed by atoms with Crippen molar-refractivity contribution in [1.29, 1.82) is 0 Å². The molecule has 0 bridgehead atoms. The number of carboxylic acid groups (broad SMARTS) is 1. The molecule has 1 fully saturated rings. The highest BCUT2D eigenvalue weighted by Crippen LogP contribution is 2.31. The number of aromatic amines is 1. The van der Waals surface area contributed by atoms with Crippen molar-refractivity contribution >= 4 is 22.6 Å². The molecule has 0 spiro atoms. The zero-order valence-electron chi connectivity index (χ0n) is 14.4. The van der Waals surface area contributed by atoms with Crippen LogP contribution in [0.1, 0.15) is 10.4 Å². The summed E-state index contributed by atoms with van der Waals surface area (Å²) in [6.07, 6.45) is 0. The van der Waals surface area contributed by atoms with Gasteiger partial charge in [0, 0.05) is 29.6 Å². The number of rotatable bonds is 3. The minimum absolute atomic E-state index is 0.114. The van der Waals surface area contributed by atoms with Gasteiger partial charge >= 0.3 is 5.97 Å². The molecule has 7 heteroatoms. The predicted octanol–water partition coefficient (Wildman–Crippen LogP) is 2.44. The maximum Gasteiger partial charge on any atom is 0.337 e. The number of carboxylic acids is 1. The van der Waals surface area contributed by atoms with Crippen molar-refractivity contribution in [1.82, 2.24) is 4.98 Å². The van der Waals surface area contributed by atoms with Crippen LogP contribution in [0.5, 0.6) is 5.75 Å². The van der Waals surface area contributed by atoms with Gasteiger partial charge in [-0.05, 0) is 24.3 Å². The third-order valence-corrected chi connectivity index (χ3v) is 4.75. The molecule has 2 heterocycles. The molecule has 1 aliphatic rings. The van der Waals surface area contributed by atoms with E-state index in [1.54, 1.807) is 36.4 Å². The highest BCUT2D eigenvalue weighted by Gasteiger charge is 2.21. The van der Waals surface area contributed by atoms with E-state index in [4.69, 9.17) is 4.74 Å². The number of para-hydroxylation sites is 1. The molecule has 1 aromatic heterocycles. The number of aromatic carboxylic acids is 1. The first-order valence-electron chi connectivity index (χ1n) is 8.60. The van der Waals surface area contributed by atoms with E-state index in [2.05, 4.69) is 4.98 Å². The van der Waals surface area contributed by atoms with Gasteiger partial charge in [-0.3, -0.25) is 4.79 Å². The normalized spacial score (nSPS) is 14.4. The van der Waals surface area contributed by atoms with E-state index >= 15 is 0 Å². The molecule has 138 valence electrons. The predicted molar refractivity (Wildman–Crippen MR) is 102 cm³/mol. The number of aromatic nitrogens is 1. The lowest BCUT2D eigenvalue weighted by molar-refractivity contribution is 0.0696. The SMILES string of the molecule is O=C(O)c1cc(-c2[nH]c3ccccc3c(=O)c2O)ccc1N1CCOCC1. The fourth-order valence-electron chi connectivity index (χ4n) is 3.38. The molecule has 0 aliphatic carbocycles. The van der Waals surface area contributed by atoms with Gasteiger partial charge in [0.25, 0.3) is 0 Å². The smallest absolute Gasteiger partial charge is 0.337 e. The first-order valence-corrected chi connectivity index (χ1v) is 8.60. The monoisotopic (exact) mass is 366 g/mol. The fraction of sp³-hybridized carbons (Fsp3) is 0.200. The summed E-state index contributed by atoms with van der Waals surface area (Å²) in [5, 5.41) is 20.4. The van der Waals surface area contributed by atoms with Crippen LogP contribution >= 0.6 is 0 Å². The molecule has 1 saturated heterocycles. The minimum Gasteiger partial charge on any atom is -0.503 e. The second-order valence-corrected chi connectivity index (χ2v) is 6.36. The lowest BCUT2D eigenvalue weighted by Crippen LogP contribution is -2.37. The Morgan fingerprint density at radius 2 is 1.85 bits per heavy atom. The second kappa shape index (κ2) is 6.77.